The lowest BCUT2D eigenvalue weighted by Gasteiger charge is -2.07. The Labute approximate surface area is 96.7 Å². The highest BCUT2D eigenvalue weighted by Gasteiger charge is 2.17. The first kappa shape index (κ1) is 11.3. The second kappa shape index (κ2) is 4.32. The number of fused-ring (bicyclic) bond motifs is 1. The fraction of sp³-hybridized carbons (Fsp3) is 0.273. The van der Waals surface area contributed by atoms with Gasteiger partial charge in [-0.3, -0.25) is 19.9 Å². The minimum atomic E-state index is -0.664. The van der Waals surface area contributed by atoms with Crippen molar-refractivity contribution in [3.8, 4) is 0 Å². The minimum Gasteiger partial charge on any atom is -0.301 e. The molecule has 2 rings (SSSR count). The normalized spacial score (nSPS) is 10.6. The molecule has 17 heavy (non-hydrogen) atoms. The fourth-order valence-electron chi connectivity index (χ4n) is 1.76. The van der Waals surface area contributed by atoms with E-state index in [0.29, 0.717) is 17.6 Å². The monoisotopic (exact) mass is 233 g/mol. The molecule has 0 atom stereocenters. The average molecular weight is 233 g/mol. The zero-order valence-corrected chi connectivity index (χ0v) is 9.29. The van der Waals surface area contributed by atoms with Gasteiger partial charge >= 0.3 is 11.2 Å². The molecular weight excluding hydrogens is 222 g/mol. The molecule has 2 heterocycles. The molecule has 0 aliphatic heterocycles. The van der Waals surface area contributed by atoms with E-state index in [0.717, 1.165) is 6.42 Å². The van der Waals surface area contributed by atoms with Gasteiger partial charge in [0, 0.05) is 18.8 Å². The van der Waals surface area contributed by atoms with E-state index in [-0.39, 0.29) is 0 Å². The Morgan fingerprint density at radius 2 is 2.29 bits per heavy atom. The third-order valence-corrected chi connectivity index (χ3v) is 2.49. The highest BCUT2D eigenvalue weighted by Crippen LogP contribution is 2.14. The molecule has 0 bridgehead atoms. The number of rotatable bonds is 3. The summed E-state index contributed by atoms with van der Waals surface area (Å²) in [4.78, 5) is 26.1. The highest BCUT2D eigenvalue weighted by molar-refractivity contribution is 5.76. The van der Waals surface area contributed by atoms with Gasteiger partial charge in [0.25, 0.3) is 0 Å². The van der Waals surface area contributed by atoms with Crippen LogP contribution in [0.1, 0.15) is 13.3 Å². The maximum Gasteiger partial charge on any atom is 0.336 e. The van der Waals surface area contributed by atoms with Crippen LogP contribution in [0.5, 0.6) is 0 Å². The quantitative estimate of drug-likeness (QED) is 0.597. The molecule has 0 aliphatic rings. The first-order valence-corrected chi connectivity index (χ1v) is 5.28. The molecule has 88 valence electrons. The van der Waals surface area contributed by atoms with Crippen molar-refractivity contribution >= 4 is 16.7 Å². The first-order valence-electron chi connectivity index (χ1n) is 5.28. The number of hydrogen-bond donors (Lipinski definition) is 0. The molecule has 0 fully saturated rings. The second-order valence-electron chi connectivity index (χ2n) is 3.65. The van der Waals surface area contributed by atoms with Crippen molar-refractivity contribution in [3.63, 3.8) is 0 Å². The van der Waals surface area contributed by atoms with Crippen LogP contribution < -0.4 is 5.56 Å². The maximum atomic E-state index is 11.9. The van der Waals surface area contributed by atoms with Gasteiger partial charge in [-0.05, 0) is 18.6 Å². The van der Waals surface area contributed by atoms with Crippen molar-refractivity contribution in [3.05, 3.63) is 44.9 Å². The Bertz CT molecular complexity index is 633. The molecule has 0 amide bonds. The number of pyridine rings is 2. The highest BCUT2D eigenvalue weighted by atomic mass is 16.6. The maximum absolute atomic E-state index is 11.9. The Balaban J connectivity index is 2.85. The Hall–Kier alpha value is -2.24. The van der Waals surface area contributed by atoms with Crippen molar-refractivity contribution in [1.82, 2.24) is 9.55 Å². The summed E-state index contributed by atoms with van der Waals surface area (Å²) in [5.41, 5.74) is 0.0965. The van der Waals surface area contributed by atoms with Gasteiger partial charge in [0.2, 0.25) is 0 Å². The van der Waals surface area contributed by atoms with Crippen molar-refractivity contribution in [1.29, 1.82) is 0 Å². The Kier molecular flexibility index (Phi) is 2.86. The molecule has 6 heteroatoms. The second-order valence-corrected chi connectivity index (χ2v) is 3.65. The lowest BCUT2D eigenvalue weighted by Crippen LogP contribution is -2.23. The number of nitro groups is 1. The largest absolute Gasteiger partial charge is 0.336 e. The standard InChI is InChI=1S/C11H11N3O3/c1-2-6-13-9-4-3-5-12-8(9)7-10(11(13)15)14(16)17/h3-5,7H,2,6H2,1H3. The van der Waals surface area contributed by atoms with Gasteiger partial charge < -0.3 is 4.57 Å². The third kappa shape index (κ3) is 1.89. The summed E-state index contributed by atoms with van der Waals surface area (Å²) in [5, 5.41) is 10.8. The predicted octanol–water partition coefficient (Wildman–Crippen LogP) is 1.71. The summed E-state index contributed by atoms with van der Waals surface area (Å²) in [6.07, 6.45) is 2.28. The molecular formula is C11H11N3O3. The zero-order valence-electron chi connectivity index (χ0n) is 9.29. The summed E-state index contributed by atoms with van der Waals surface area (Å²) in [7, 11) is 0. The van der Waals surface area contributed by atoms with Crippen LogP contribution in [0.2, 0.25) is 0 Å². The van der Waals surface area contributed by atoms with Crippen LogP contribution in [-0.2, 0) is 6.54 Å². The summed E-state index contributed by atoms with van der Waals surface area (Å²) >= 11 is 0. The summed E-state index contributed by atoms with van der Waals surface area (Å²) in [5.74, 6) is 0. The summed E-state index contributed by atoms with van der Waals surface area (Å²) in [6.45, 7) is 2.36. The average Bonchev–Trinajstić information content (AvgIpc) is 2.32. The van der Waals surface area contributed by atoms with Crippen LogP contribution in [0.15, 0.2) is 29.2 Å². The Morgan fingerprint density at radius 3 is 2.94 bits per heavy atom. The van der Waals surface area contributed by atoms with E-state index in [9.17, 15) is 14.9 Å². The van der Waals surface area contributed by atoms with E-state index in [1.54, 1.807) is 18.3 Å². The predicted molar refractivity (Wildman–Crippen MR) is 62.9 cm³/mol. The van der Waals surface area contributed by atoms with Gasteiger partial charge in [-0.25, -0.2) is 0 Å². The van der Waals surface area contributed by atoms with Crippen molar-refractivity contribution in [2.45, 2.75) is 19.9 Å². The molecule has 0 unspecified atom stereocenters. The van der Waals surface area contributed by atoms with Gasteiger partial charge in [0.05, 0.1) is 16.0 Å². The molecule has 0 N–H and O–H groups in total. The first-order chi connectivity index (χ1) is 8.15. The van der Waals surface area contributed by atoms with E-state index in [4.69, 9.17) is 0 Å². The molecule has 0 saturated heterocycles. The van der Waals surface area contributed by atoms with Crippen molar-refractivity contribution in [2.24, 2.45) is 0 Å². The van der Waals surface area contributed by atoms with E-state index >= 15 is 0 Å². The number of aromatic nitrogens is 2. The molecule has 0 aromatic carbocycles. The van der Waals surface area contributed by atoms with Gasteiger partial charge in [-0.2, -0.15) is 0 Å². The molecule has 2 aromatic rings. The topological polar surface area (TPSA) is 78.0 Å². The smallest absolute Gasteiger partial charge is 0.301 e. The van der Waals surface area contributed by atoms with Gasteiger partial charge in [0.15, 0.2) is 0 Å². The van der Waals surface area contributed by atoms with Gasteiger partial charge in [0.1, 0.15) is 0 Å². The summed E-state index contributed by atoms with van der Waals surface area (Å²) < 4.78 is 1.40. The molecule has 0 spiro atoms. The third-order valence-electron chi connectivity index (χ3n) is 2.49. The SMILES string of the molecule is CCCn1c(=O)c([N+](=O)[O-])cc2ncccc21. The minimum absolute atomic E-state index is 0.426. The van der Waals surface area contributed by atoms with Crippen LogP contribution in [0.3, 0.4) is 0 Å². The molecule has 0 aliphatic carbocycles. The van der Waals surface area contributed by atoms with Gasteiger partial charge in [-0.15, -0.1) is 0 Å². The van der Waals surface area contributed by atoms with E-state index < -0.39 is 16.2 Å². The van der Waals surface area contributed by atoms with E-state index in [2.05, 4.69) is 4.98 Å². The lowest BCUT2D eigenvalue weighted by atomic mass is 10.2. The van der Waals surface area contributed by atoms with Crippen LogP contribution in [0.4, 0.5) is 5.69 Å². The zero-order chi connectivity index (χ0) is 12.4. The Morgan fingerprint density at radius 1 is 1.53 bits per heavy atom. The molecule has 6 nitrogen and oxygen atoms in total. The molecule has 0 saturated carbocycles. The molecule has 0 radical (unpaired) electrons. The number of nitrogens with zero attached hydrogens (tertiary/aromatic N) is 3. The fourth-order valence-corrected chi connectivity index (χ4v) is 1.76. The summed E-state index contributed by atoms with van der Waals surface area (Å²) in [6, 6.07) is 4.67. The van der Waals surface area contributed by atoms with Gasteiger partial charge in [-0.1, -0.05) is 6.92 Å². The van der Waals surface area contributed by atoms with Crippen LogP contribution in [0, 0.1) is 10.1 Å². The van der Waals surface area contributed by atoms with Crippen LogP contribution in [-0.4, -0.2) is 14.5 Å². The van der Waals surface area contributed by atoms with Crippen molar-refractivity contribution < 1.29 is 4.92 Å². The lowest BCUT2D eigenvalue weighted by molar-refractivity contribution is -0.386. The van der Waals surface area contributed by atoms with Crippen LogP contribution in [0.25, 0.3) is 11.0 Å². The van der Waals surface area contributed by atoms with Crippen molar-refractivity contribution in [2.75, 3.05) is 0 Å². The number of aryl methyl sites for hydroxylation is 1. The van der Waals surface area contributed by atoms with Crippen LogP contribution >= 0.6 is 0 Å². The molecule has 2 aromatic heterocycles. The van der Waals surface area contributed by atoms with E-state index in [1.807, 2.05) is 6.92 Å². The van der Waals surface area contributed by atoms with E-state index in [1.165, 1.54) is 10.6 Å². The number of hydrogen-bond acceptors (Lipinski definition) is 4.